The lowest BCUT2D eigenvalue weighted by atomic mass is 9.52. The summed E-state index contributed by atoms with van der Waals surface area (Å²) in [5, 5.41) is 0. The average molecular weight is 521 g/mol. The van der Waals surface area contributed by atoms with Gasteiger partial charge in [-0.2, -0.15) is 26.3 Å². The Morgan fingerprint density at radius 2 is 1.37 bits per heavy atom. The molecule has 0 radical (unpaired) electrons. The molecule has 0 aromatic rings. The third kappa shape index (κ3) is 6.83. The molecule has 0 aromatic carbocycles. The van der Waals surface area contributed by atoms with Crippen molar-refractivity contribution in [3.8, 4) is 0 Å². The van der Waals surface area contributed by atoms with E-state index >= 15 is 0 Å². The second kappa shape index (κ2) is 10.5. The van der Waals surface area contributed by atoms with Gasteiger partial charge in [0.2, 0.25) is 5.92 Å². The zero-order valence-electron chi connectivity index (χ0n) is 18.9. The van der Waals surface area contributed by atoms with E-state index in [1.54, 1.807) is 0 Å². The van der Waals surface area contributed by atoms with Crippen molar-refractivity contribution in [3.05, 3.63) is 0 Å². The van der Waals surface area contributed by atoms with Gasteiger partial charge in [-0.3, -0.25) is 9.59 Å². The van der Waals surface area contributed by atoms with Crippen molar-refractivity contribution < 1.29 is 50.1 Å². The zero-order valence-corrected chi connectivity index (χ0v) is 18.9. The van der Waals surface area contributed by atoms with Gasteiger partial charge in [-0.25, -0.2) is 0 Å². The molecular weight excluding hydrogens is 482 g/mol. The molecular formula is C24H38F6O5. The van der Waals surface area contributed by atoms with Crippen molar-refractivity contribution in [3.63, 3.8) is 0 Å². The molecule has 0 N–H and O–H groups in total. The highest BCUT2D eigenvalue weighted by Gasteiger charge is 2.63. The summed E-state index contributed by atoms with van der Waals surface area (Å²) in [4.78, 5) is 24.2. The largest absolute Gasteiger partial charge is 0.463 e. The molecule has 35 heavy (non-hydrogen) atoms. The van der Waals surface area contributed by atoms with Crippen LogP contribution in [0.2, 0.25) is 0 Å². The molecule has 4 aliphatic rings. The highest BCUT2D eigenvalue weighted by Crippen LogP contribution is 2.60. The number of hydrogen-bond acceptors (Lipinski definition) is 5. The molecule has 0 aromatic heterocycles. The first-order valence-electron chi connectivity index (χ1n) is 11.2. The summed E-state index contributed by atoms with van der Waals surface area (Å²) in [6.45, 7) is 4.46. The Morgan fingerprint density at radius 1 is 0.886 bits per heavy atom. The minimum absolute atomic E-state index is 0. The van der Waals surface area contributed by atoms with Crippen LogP contribution >= 0.6 is 0 Å². The van der Waals surface area contributed by atoms with E-state index in [4.69, 9.17) is 9.47 Å². The Bertz CT molecular complexity index is 732. The smallest absolute Gasteiger partial charge is 0.411 e. The lowest BCUT2D eigenvalue weighted by Crippen LogP contribution is -2.62. The molecule has 4 aliphatic carbocycles. The number of carbonyl (C=O) groups is 2. The van der Waals surface area contributed by atoms with Crippen molar-refractivity contribution in [2.24, 2.45) is 23.2 Å². The summed E-state index contributed by atoms with van der Waals surface area (Å²) in [5.74, 6) is -6.36. The topological polar surface area (TPSA) is 61.8 Å². The van der Waals surface area contributed by atoms with Gasteiger partial charge in [0.05, 0.1) is 17.6 Å². The normalized spacial score (nSPS) is 29.9. The summed E-state index contributed by atoms with van der Waals surface area (Å²) < 4.78 is 92.1. The van der Waals surface area contributed by atoms with Crippen LogP contribution in [-0.2, 0) is 23.8 Å². The summed E-state index contributed by atoms with van der Waals surface area (Å²) in [6, 6.07) is 0. The van der Waals surface area contributed by atoms with Crippen LogP contribution in [0.25, 0.3) is 0 Å². The Kier molecular flexibility index (Phi) is 9.41. The predicted molar refractivity (Wildman–Crippen MR) is 116 cm³/mol. The van der Waals surface area contributed by atoms with Gasteiger partial charge in [-0.15, -0.1) is 0 Å². The lowest BCUT2D eigenvalue weighted by molar-refractivity contribution is -0.283. The maximum atomic E-state index is 12.7. The number of carbonyl (C=O) groups excluding carboxylic acids is 2. The van der Waals surface area contributed by atoms with Crippen LogP contribution in [0, 0.1) is 23.2 Å². The Labute approximate surface area is 203 Å². The summed E-state index contributed by atoms with van der Waals surface area (Å²) in [5.41, 5.74) is -2.01. The van der Waals surface area contributed by atoms with Gasteiger partial charge >= 0.3 is 24.3 Å². The van der Waals surface area contributed by atoms with E-state index in [0.717, 1.165) is 6.42 Å². The fraction of sp³-hybridized carbons (Fsp3) is 0.917. The molecule has 5 nitrogen and oxygen atoms in total. The van der Waals surface area contributed by atoms with Gasteiger partial charge in [0.1, 0.15) is 12.2 Å². The monoisotopic (exact) mass is 520 g/mol. The Balaban J connectivity index is 0.00000306. The van der Waals surface area contributed by atoms with Gasteiger partial charge in [-0.1, -0.05) is 21.8 Å². The van der Waals surface area contributed by atoms with Crippen LogP contribution in [0.1, 0.15) is 80.6 Å². The fourth-order valence-corrected chi connectivity index (χ4v) is 5.80. The number of ether oxygens (including phenoxy) is 3. The van der Waals surface area contributed by atoms with Crippen LogP contribution < -0.4 is 0 Å². The SMILES string of the molecule is C.C.CCC(C)(C)C(=O)OC12CC3CC(CC(OCCOC(=O)C(C(F)(F)F)C(F)(F)F)(C3)C1)C2. The highest BCUT2D eigenvalue weighted by molar-refractivity contribution is 5.76. The fourth-order valence-electron chi connectivity index (χ4n) is 5.80. The predicted octanol–water partition coefficient (Wildman–Crippen LogP) is 6.63. The lowest BCUT2D eigenvalue weighted by Gasteiger charge is -2.61. The van der Waals surface area contributed by atoms with E-state index in [1.807, 2.05) is 20.8 Å². The summed E-state index contributed by atoms with van der Waals surface area (Å²) >= 11 is 0. The van der Waals surface area contributed by atoms with Gasteiger partial charge in [0.15, 0.2) is 0 Å². The molecule has 4 rings (SSSR count). The molecule has 4 saturated carbocycles. The van der Waals surface area contributed by atoms with Crippen molar-refractivity contribution in [1.82, 2.24) is 0 Å². The molecule has 4 fully saturated rings. The van der Waals surface area contributed by atoms with Crippen LogP contribution in [0.3, 0.4) is 0 Å². The molecule has 0 aliphatic heterocycles. The quantitative estimate of drug-likeness (QED) is 0.204. The van der Waals surface area contributed by atoms with Crippen molar-refractivity contribution in [2.45, 2.75) is 104 Å². The van der Waals surface area contributed by atoms with E-state index in [0.29, 0.717) is 38.5 Å². The molecule has 0 saturated heterocycles. The van der Waals surface area contributed by atoms with Crippen LogP contribution in [-0.4, -0.2) is 48.7 Å². The number of alkyl halides is 6. The van der Waals surface area contributed by atoms with E-state index in [-0.39, 0.29) is 39.3 Å². The molecule has 0 heterocycles. The maximum absolute atomic E-state index is 12.7. The first kappa shape index (κ1) is 31.5. The first-order valence-corrected chi connectivity index (χ1v) is 11.2. The standard InChI is InChI=1S/C22H30F6O5.2CH4/c1-4-18(2,3)17(30)33-20-10-13-7-14(11-20)9-19(8-13,12-20)32-6-5-31-16(29)15(21(23,24)25)22(26,27)28;;/h13-15H,4-12H2,1-3H3;2*1H4. The highest BCUT2D eigenvalue weighted by atomic mass is 19.4. The first-order chi connectivity index (χ1) is 15.0. The molecule has 4 bridgehead atoms. The summed E-state index contributed by atoms with van der Waals surface area (Å²) in [7, 11) is 0. The minimum Gasteiger partial charge on any atom is -0.463 e. The number of hydrogen-bond donors (Lipinski definition) is 0. The molecule has 2 atom stereocenters. The average Bonchev–Trinajstić information content (AvgIpc) is 2.61. The number of rotatable bonds is 8. The van der Waals surface area contributed by atoms with Crippen molar-refractivity contribution in [1.29, 1.82) is 0 Å². The van der Waals surface area contributed by atoms with Crippen molar-refractivity contribution >= 4 is 11.9 Å². The number of halogens is 6. The van der Waals surface area contributed by atoms with E-state index < -0.39 is 47.5 Å². The second-order valence-corrected chi connectivity index (χ2v) is 10.5. The molecule has 206 valence electrons. The Hall–Kier alpha value is -1.52. The zero-order chi connectivity index (χ0) is 24.9. The second-order valence-electron chi connectivity index (χ2n) is 10.5. The van der Waals surface area contributed by atoms with E-state index in [2.05, 4.69) is 4.74 Å². The van der Waals surface area contributed by atoms with E-state index in [1.165, 1.54) is 0 Å². The van der Waals surface area contributed by atoms with Crippen LogP contribution in [0.4, 0.5) is 26.3 Å². The van der Waals surface area contributed by atoms with Gasteiger partial charge in [-0.05, 0) is 64.2 Å². The van der Waals surface area contributed by atoms with E-state index in [9.17, 15) is 35.9 Å². The molecule has 0 spiro atoms. The summed E-state index contributed by atoms with van der Waals surface area (Å²) in [6.07, 6.45) is -6.82. The van der Waals surface area contributed by atoms with Crippen molar-refractivity contribution in [2.75, 3.05) is 13.2 Å². The van der Waals surface area contributed by atoms with Gasteiger partial charge in [0.25, 0.3) is 0 Å². The number of esters is 2. The molecule has 11 heteroatoms. The van der Waals surface area contributed by atoms with Crippen LogP contribution in [0.15, 0.2) is 0 Å². The van der Waals surface area contributed by atoms with Gasteiger partial charge < -0.3 is 14.2 Å². The third-order valence-electron chi connectivity index (χ3n) is 7.33. The minimum atomic E-state index is -5.79. The van der Waals surface area contributed by atoms with Crippen LogP contribution in [0.5, 0.6) is 0 Å². The maximum Gasteiger partial charge on any atom is 0.411 e. The molecule has 0 amide bonds. The third-order valence-corrected chi connectivity index (χ3v) is 7.33. The molecule has 2 unspecified atom stereocenters. The van der Waals surface area contributed by atoms with Gasteiger partial charge in [0, 0.05) is 6.42 Å². The Morgan fingerprint density at radius 3 is 1.83 bits per heavy atom.